The summed E-state index contributed by atoms with van der Waals surface area (Å²) < 4.78 is 0. The molecule has 1 aliphatic heterocycles. The van der Waals surface area contributed by atoms with Crippen molar-refractivity contribution in [2.75, 3.05) is 19.6 Å². The minimum absolute atomic E-state index is 0.430. The van der Waals surface area contributed by atoms with Crippen LogP contribution in [0.25, 0.3) is 0 Å². The Kier molecular flexibility index (Phi) is 6.26. The summed E-state index contributed by atoms with van der Waals surface area (Å²) in [5.41, 5.74) is 6.03. The van der Waals surface area contributed by atoms with Gasteiger partial charge in [-0.25, -0.2) is 0 Å². The molecule has 0 aromatic rings. The molecular formula is C13H28N2. The molecule has 1 heterocycles. The molecule has 1 saturated heterocycles. The Balaban J connectivity index is 2.08. The summed E-state index contributed by atoms with van der Waals surface area (Å²) in [4.78, 5) is 2.60. The Morgan fingerprint density at radius 2 is 1.87 bits per heavy atom. The first-order chi connectivity index (χ1) is 7.26. The van der Waals surface area contributed by atoms with Crippen LogP contribution in [0, 0.1) is 5.92 Å². The van der Waals surface area contributed by atoms with Crippen molar-refractivity contribution in [1.29, 1.82) is 0 Å². The van der Waals surface area contributed by atoms with Gasteiger partial charge in [0.1, 0.15) is 0 Å². The number of nitrogens with zero attached hydrogens (tertiary/aromatic N) is 1. The van der Waals surface area contributed by atoms with Crippen LogP contribution >= 0.6 is 0 Å². The standard InChI is InChI=1S/C13H28N2/c1-3-5-13(14)8-11-15-9-6-12(4-2)7-10-15/h12-13H,3-11,14H2,1-2H3. The summed E-state index contributed by atoms with van der Waals surface area (Å²) in [7, 11) is 0. The second-order valence-corrected chi connectivity index (χ2v) is 5.03. The van der Waals surface area contributed by atoms with E-state index in [2.05, 4.69) is 18.7 Å². The molecule has 2 N–H and O–H groups in total. The van der Waals surface area contributed by atoms with Crippen LogP contribution < -0.4 is 5.73 Å². The number of hydrogen-bond acceptors (Lipinski definition) is 2. The second kappa shape index (κ2) is 7.24. The summed E-state index contributed by atoms with van der Waals surface area (Å²) in [5.74, 6) is 0.991. The molecule has 0 bridgehead atoms. The Morgan fingerprint density at radius 3 is 2.40 bits per heavy atom. The maximum atomic E-state index is 6.03. The Bertz CT molecular complexity index is 151. The molecule has 0 spiro atoms. The van der Waals surface area contributed by atoms with E-state index in [1.807, 2.05) is 0 Å². The highest BCUT2D eigenvalue weighted by atomic mass is 15.1. The fourth-order valence-electron chi connectivity index (χ4n) is 2.48. The van der Waals surface area contributed by atoms with Crippen LogP contribution in [0.2, 0.25) is 0 Å². The third-order valence-corrected chi connectivity index (χ3v) is 3.76. The van der Waals surface area contributed by atoms with E-state index in [0.29, 0.717) is 6.04 Å². The summed E-state index contributed by atoms with van der Waals surface area (Å²) in [6.07, 6.45) is 7.76. The van der Waals surface area contributed by atoms with E-state index in [-0.39, 0.29) is 0 Å². The molecule has 15 heavy (non-hydrogen) atoms. The van der Waals surface area contributed by atoms with Crippen LogP contribution in [0.4, 0.5) is 0 Å². The molecule has 0 aromatic carbocycles. The maximum Gasteiger partial charge on any atom is 0.00509 e. The average Bonchev–Trinajstić information content (AvgIpc) is 2.27. The van der Waals surface area contributed by atoms with E-state index in [4.69, 9.17) is 5.73 Å². The van der Waals surface area contributed by atoms with Gasteiger partial charge in [-0.15, -0.1) is 0 Å². The fourth-order valence-corrected chi connectivity index (χ4v) is 2.48. The Morgan fingerprint density at radius 1 is 1.20 bits per heavy atom. The summed E-state index contributed by atoms with van der Waals surface area (Å²) >= 11 is 0. The third-order valence-electron chi connectivity index (χ3n) is 3.76. The predicted molar refractivity (Wildman–Crippen MR) is 67.0 cm³/mol. The van der Waals surface area contributed by atoms with Gasteiger partial charge < -0.3 is 10.6 Å². The zero-order valence-electron chi connectivity index (χ0n) is 10.5. The van der Waals surface area contributed by atoms with Gasteiger partial charge in [0.25, 0.3) is 0 Å². The van der Waals surface area contributed by atoms with Crippen LogP contribution in [-0.4, -0.2) is 30.6 Å². The third kappa shape index (κ3) is 4.98. The van der Waals surface area contributed by atoms with E-state index in [0.717, 1.165) is 5.92 Å². The molecule has 90 valence electrons. The Hall–Kier alpha value is -0.0800. The van der Waals surface area contributed by atoms with Crippen molar-refractivity contribution >= 4 is 0 Å². The molecule has 0 aliphatic carbocycles. The van der Waals surface area contributed by atoms with Gasteiger partial charge in [-0.1, -0.05) is 26.7 Å². The van der Waals surface area contributed by atoms with Crippen LogP contribution in [0.1, 0.15) is 52.4 Å². The minimum Gasteiger partial charge on any atom is -0.328 e. The van der Waals surface area contributed by atoms with Gasteiger partial charge in [0.05, 0.1) is 0 Å². The summed E-state index contributed by atoms with van der Waals surface area (Å²) in [5, 5.41) is 0. The zero-order valence-corrected chi connectivity index (χ0v) is 10.5. The molecule has 1 aliphatic rings. The van der Waals surface area contributed by atoms with Crippen molar-refractivity contribution in [3.8, 4) is 0 Å². The van der Waals surface area contributed by atoms with Gasteiger partial charge in [0.15, 0.2) is 0 Å². The van der Waals surface area contributed by atoms with E-state index < -0.39 is 0 Å². The lowest BCUT2D eigenvalue weighted by Gasteiger charge is -2.32. The smallest absolute Gasteiger partial charge is 0.00509 e. The van der Waals surface area contributed by atoms with Gasteiger partial charge in [0, 0.05) is 6.04 Å². The van der Waals surface area contributed by atoms with Crippen molar-refractivity contribution in [3.05, 3.63) is 0 Å². The van der Waals surface area contributed by atoms with Gasteiger partial charge in [-0.05, 0) is 51.2 Å². The highest BCUT2D eigenvalue weighted by Gasteiger charge is 2.17. The summed E-state index contributed by atoms with van der Waals surface area (Å²) in [6.45, 7) is 8.36. The number of piperidine rings is 1. The van der Waals surface area contributed by atoms with E-state index in [9.17, 15) is 0 Å². The van der Waals surface area contributed by atoms with Gasteiger partial charge in [0.2, 0.25) is 0 Å². The minimum atomic E-state index is 0.430. The number of hydrogen-bond donors (Lipinski definition) is 1. The lowest BCUT2D eigenvalue weighted by Crippen LogP contribution is -2.36. The van der Waals surface area contributed by atoms with Crippen molar-refractivity contribution in [2.45, 2.75) is 58.4 Å². The maximum absolute atomic E-state index is 6.03. The first-order valence-electron chi connectivity index (χ1n) is 6.74. The number of likely N-dealkylation sites (tertiary alicyclic amines) is 1. The first-order valence-corrected chi connectivity index (χ1v) is 6.74. The van der Waals surface area contributed by atoms with E-state index in [1.54, 1.807) is 0 Å². The van der Waals surface area contributed by atoms with Crippen LogP contribution in [0.5, 0.6) is 0 Å². The highest BCUT2D eigenvalue weighted by Crippen LogP contribution is 2.20. The lowest BCUT2D eigenvalue weighted by atomic mass is 9.94. The first kappa shape index (κ1) is 13.0. The molecule has 0 saturated carbocycles. The molecule has 2 nitrogen and oxygen atoms in total. The molecule has 1 unspecified atom stereocenters. The number of rotatable bonds is 6. The van der Waals surface area contributed by atoms with Crippen LogP contribution in [0.3, 0.4) is 0 Å². The van der Waals surface area contributed by atoms with Crippen LogP contribution in [0.15, 0.2) is 0 Å². The molecule has 0 amide bonds. The Labute approximate surface area is 95.2 Å². The van der Waals surface area contributed by atoms with E-state index >= 15 is 0 Å². The molecule has 2 heteroatoms. The topological polar surface area (TPSA) is 29.3 Å². The zero-order chi connectivity index (χ0) is 11.1. The van der Waals surface area contributed by atoms with Crippen LogP contribution in [-0.2, 0) is 0 Å². The summed E-state index contributed by atoms with van der Waals surface area (Å²) in [6, 6.07) is 0.430. The van der Waals surface area contributed by atoms with Crippen molar-refractivity contribution < 1.29 is 0 Å². The number of nitrogens with two attached hydrogens (primary N) is 1. The molecule has 0 radical (unpaired) electrons. The van der Waals surface area contributed by atoms with E-state index in [1.165, 1.54) is 58.2 Å². The molecule has 1 atom stereocenters. The monoisotopic (exact) mass is 212 g/mol. The lowest BCUT2D eigenvalue weighted by molar-refractivity contribution is 0.176. The van der Waals surface area contributed by atoms with Gasteiger partial charge in [-0.3, -0.25) is 0 Å². The molecule has 0 aromatic heterocycles. The quantitative estimate of drug-likeness (QED) is 0.733. The second-order valence-electron chi connectivity index (χ2n) is 5.03. The highest BCUT2D eigenvalue weighted by molar-refractivity contribution is 4.73. The molecule has 1 fully saturated rings. The largest absolute Gasteiger partial charge is 0.328 e. The van der Waals surface area contributed by atoms with Gasteiger partial charge in [-0.2, -0.15) is 0 Å². The van der Waals surface area contributed by atoms with Crippen molar-refractivity contribution in [1.82, 2.24) is 4.90 Å². The SMILES string of the molecule is CCCC(N)CCN1CCC(CC)CC1. The van der Waals surface area contributed by atoms with Gasteiger partial charge >= 0.3 is 0 Å². The molecular weight excluding hydrogens is 184 g/mol. The van der Waals surface area contributed by atoms with Crippen molar-refractivity contribution in [3.63, 3.8) is 0 Å². The molecule has 1 rings (SSSR count). The van der Waals surface area contributed by atoms with Crippen molar-refractivity contribution in [2.24, 2.45) is 11.7 Å². The average molecular weight is 212 g/mol. The predicted octanol–water partition coefficient (Wildman–Crippen LogP) is 2.63. The fraction of sp³-hybridized carbons (Fsp3) is 1.00. The normalized spacial score (nSPS) is 21.8.